The van der Waals surface area contributed by atoms with E-state index in [1.54, 1.807) is 19.1 Å². The van der Waals surface area contributed by atoms with Crippen molar-refractivity contribution >= 4 is 83.6 Å². The van der Waals surface area contributed by atoms with Crippen molar-refractivity contribution in [3.63, 3.8) is 0 Å². The van der Waals surface area contributed by atoms with Crippen molar-refractivity contribution in [2.75, 3.05) is 0 Å². The summed E-state index contributed by atoms with van der Waals surface area (Å²) in [4.78, 5) is 0. The molecule has 286 valence electrons. The van der Waals surface area contributed by atoms with Gasteiger partial charge >= 0.3 is 0 Å². The standard InChI is InChI=1S/C54H30N8/c1-34(29-55)26-35-14-20-40(21-15-35)60-46-11-5-2-8-43(46)49-52(60)50-44-9-3-6-12-47(44)61(41-22-16-36(17-23-41)27-38(30-56)31-57)54(50)51-45-10-4-7-13-48(45)62(53(49)51)42-24-18-37(19-25-42)28-39(32-58)33-59/h2-28H,1H3/b34-26+. The Morgan fingerprint density at radius 3 is 0.952 bits per heavy atom. The Kier molecular flexibility index (Phi) is 8.79. The average molecular weight is 791 g/mol. The number of para-hydroxylation sites is 3. The first-order valence-corrected chi connectivity index (χ1v) is 19.8. The molecule has 10 rings (SSSR count). The smallest absolute Gasteiger partial charge is 0.130 e. The fourth-order valence-electron chi connectivity index (χ4n) is 8.91. The minimum absolute atomic E-state index is 0.0308. The molecular formula is C54H30N8. The molecule has 3 aromatic heterocycles. The lowest BCUT2D eigenvalue weighted by Crippen LogP contribution is -1.98. The maximum atomic E-state index is 9.51. The molecule has 0 atom stereocenters. The molecular weight excluding hydrogens is 761 g/mol. The third kappa shape index (κ3) is 5.72. The van der Waals surface area contributed by atoms with Crippen molar-refractivity contribution in [2.24, 2.45) is 0 Å². The lowest BCUT2D eigenvalue weighted by atomic mass is 10.0. The van der Waals surface area contributed by atoms with Crippen molar-refractivity contribution < 1.29 is 0 Å². The first kappa shape index (κ1) is 36.9. The van der Waals surface area contributed by atoms with Gasteiger partial charge in [-0.15, -0.1) is 0 Å². The number of fused-ring (bicyclic) bond motifs is 12. The Labute approximate surface area is 355 Å². The topological polar surface area (TPSA) is 134 Å². The van der Waals surface area contributed by atoms with E-state index in [0.717, 1.165) is 99.2 Å². The summed E-state index contributed by atoms with van der Waals surface area (Å²) in [6, 6.07) is 59.7. The van der Waals surface area contributed by atoms with Crippen LogP contribution in [0, 0.1) is 56.7 Å². The van der Waals surface area contributed by atoms with E-state index in [9.17, 15) is 26.3 Å². The predicted octanol–water partition coefficient (Wildman–Crippen LogP) is 12.8. The molecule has 0 saturated heterocycles. The molecule has 0 amide bonds. The van der Waals surface area contributed by atoms with Crippen LogP contribution in [0.1, 0.15) is 23.6 Å². The normalized spacial score (nSPS) is 11.3. The van der Waals surface area contributed by atoms with Crippen LogP contribution in [0.2, 0.25) is 0 Å². The van der Waals surface area contributed by atoms with Gasteiger partial charge in [0.25, 0.3) is 0 Å². The third-order valence-corrected chi connectivity index (χ3v) is 11.5. The SMILES string of the molecule is C/C(C#N)=C\c1ccc(-n2c3ccccc3c3c4c(c5ccccc5n4-c4ccc(C=C(C#N)C#N)cc4)c4c(c5ccccc5n4-c4ccc(C=C(C#N)C#N)cc4)c32)cc1. The third-order valence-electron chi connectivity index (χ3n) is 11.5. The van der Waals surface area contributed by atoms with Crippen molar-refractivity contribution in [2.45, 2.75) is 6.92 Å². The van der Waals surface area contributed by atoms with Crippen LogP contribution < -0.4 is 0 Å². The lowest BCUT2D eigenvalue weighted by Gasteiger charge is -2.14. The summed E-state index contributed by atoms with van der Waals surface area (Å²) in [5.41, 5.74) is 12.0. The summed E-state index contributed by atoms with van der Waals surface area (Å²) >= 11 is 0. The zero-order valence-corrected chi connectivity index (χ0v) is 33.2. The van der Waals surface area contributed by atoms with Crippen LogP contribution in [0.15, 0.2) is 162 Å². The molecule has 0 radical (unpaired) electrons. The van der Waals surface area contributed by atoms with E-state index >= 15 is 0 Å². The molecule has 3 heterocycles. The van der Waals surface area contributed by atoms with Crippen LogP contribution in [-0.4, -0.2) is 13.7 Å². The molecule has 0 unspecified atom stereocenters. The van der Waals surface area contributed by atoms with Crippen molar-refractivity contribution in [3.05, 3.63) is 179 Å². The van der Waals surface area contributed by atoms with E-state index in [1.807, 2.05) is 91.0 Å². The number of hydrogen-bond acceptors (Lipinski definition) is 5. The van der Waals surface area contributed by atoms with Gasteiger partial charge in [-0.25, -0.2) is 0 Å². The van der Waals surface area contributed by atoms with Gasteiger partial charge in [0.2, 0.25) is 0 Å². The maximum Gasteiger partial charge on any atom is 0.130 e. The number of hydrogen-bond donors (Lipinski definition) is 0. The number of rotatable bonds is 6. The second-order valence-corrected chi connectivity index (χ2v) is 15.0. The van der Waals surface area contributed by atoms with Gasteiger partial charge in [-0.1, -0.05) is 91.0 Å². The van der Waals surface area contributed by atoms with Crippen LogP contribution in [0.4, 0.5) is 0 Å². The number of aromatic nitrogens is 3. The fourth-order valence-corrected chi connectivity index (χ4v) is 8.91. The predicted molar refractivity (Wildman–Crippen MR) is 247 cm³/mol. The Morgan fingerprint density at radius 1 is 0.371 bits per heavy atom. The number of nitrogens with zero attached hydrogens (tertiary/aromatic N) is 8. The monoisotopic (exact) mass is 790 g/mol. The molecule has 8 heteroatoms. The molecule has 0 aliphatic heterocycles. The highest BCUT2D eigenvalue weighted by atomic mass is 15.0. The number of allylic oxidation sites excluding steroid dienone is 3. The molecule has 0 bridgehead atoms. The highest BCUT2D eigenvalue weighted by Crippen LogP contribution is 2.50. The van der Waals surface area contributed by atoms with E-state index in [0.29, 0.717) is 5.57 Å². The van der Waals surface area contributed by atoms with E-state index in [4.69, 9.17) is 0 Å². The summed E-state index contributed by atoms with van der Waals surface area (Å²) in [6.45, 7) is 1.80. The molecule has 0 fully saturated rings. The summed E-state index contributed by atoms with van der Waals surface area (Å²) in [6.07, 6.45) is 5.07. The Hall–Kier alpha value is -9.39. The Balaban J connectivity index is 1.43. The number of nitriles is 5. The van der Waals surface area contributed by atoms with E-state index in [1.165, 1.54) is 0 Å². The first-order chi connectivity index (χ1) is 30.5. The van der Waals surface area contributed by atoms with Crippen molar-refractivity contribution in [3.8, 4) is 47.4 Å². The summed E-state index contributed by atoms with van der Waals surface area (Å²) in [5, 5.41) is 53.9. The molecule has 8 nitrogen and oxygen atoms in total. The van der Waals surface area contributed by atoms with Gasteiger partial charge < -0.3 is 13.7 Å². The number of benzene rings is 7. The largest absolute Gasteiger partial charge is 0.308 e. The molecule has 0 spiro atoms. The van der Waals surface area contributed by atoms with E-state index in [-0.39, 0.29) is 11.1 Å². The highest BCUT2D eigenvalue weighted by Gasteiger charge is 2.28. The van der Waals surface area contributed by atoms with Gasteiger partial charge in [-0.05, 0) is 96.4 Å². The van der Waals surface area contributed by atoms with E-state index < -0.39 is 0 Å². The average Bonchev–Trinajstić information content (AvgIpc) is 3.97. The molecule has 7 aromatic carbocycles. The van der Waals surface area contributed by atoms with Crippen LogP contribution in [0.25, 0.3) is 101 Å². The van der Waals surface area contributed by atoms with Crippen molar-refractivity contribution in [1.29, 1.82) is 26.3 Å². The van der Waals surface area contributed by atoms with Crippen LogP contribution in [0.5, 0.6) is 0 Å². The van der Waals surface area contributed by atoms with Crippen LogP contribution in [-0.2, 0) is 0 Å². The van der Waals surface area contributed by atoms with Crippen LogP contribution >= 0.6 is 0 Å². The second-order valence-electron chi connectivity index (χ2n) is 15.0. The zero-order valence-electron chi connectivity index (χ0n) is 33.2. The molecule has 0 saturated carbocycles. The Morgan fingerprint density at radius 2 is 0.661 bits per heavy atom. The minimum Gasteiger partial charge on any atom is -0.308 e. The Bertz CT molecular complexity index is 3680. The van der Waals surface area contributed by atoms with Crippen molar-refractivity contribution in [1.82, 2.24) is 13.7 Å². The molecule has 0 aliphatic carbocycles. The second kappa shape index (κ2) is 14.8. The fraction of sp³-hybridized carbons (Fsp3) is 0.0185. The van der Waals surface area contributed by atoms with E-state index in [2.05, 4.69) is 105 Å². The van der Waals surface area contributed by atoms with Gasteiger partial charge in [-0.2, -0.15) is 26.3 Å². The minimum atomic E-state index is 0.0308. The van der Waals surface area contributed by atoms with Crippen LogP contribution in [0.3, 0.4) is 0 Å². The molecule has 0 aliphatic rings. The quantitative estimate of drug-likeness (QED) is 0.155. The molecule has 0 N–H and O–H groups in total. The summed E-state index contributed by atoms with van der Waals surface area (Å²) in [7, 11) is 0. The van der Waals surface area contributed by atoms with Gasteiger partial charge in [-0.3, -0.25) is 0 Å². The first-order valence-electron chi connectivity index (χ1n) is 19.8. The zero-order chi connectivity index (χ0) is 42.5. The summed E-state index contributed by atoms with van der Waals surface area (Å²) in [5.74, 6) is 0. The molecule has 10 aromatic rings. The van der Waals surface area contributed by atoms with Gasteiger partial charge in [0.05, 0.1) is 39.2 Å². The highest BCUT2D eigenvalue weighted by molar-refractivity contribution is 6.40. The lowest BCUT2D eigenvalue weighted by molar-refractivity contribution is 1.17. The van der Waals surface area contributed by atoms with Gasteiger partial charge in [0.1, 0.15) is 35.4 Å². The van der Waals surface area contributed by atoms with Gasteiger partial charge in [0.15, 0.2) is 0 Å². The molecule has 62 heavy (non-hydrogen) atoms. The maximum absolute atomic E-state index is 9.51. The summed E-state index contributed by atoms with van der Waals surface area (Å²) < 4.78 is 7.01. The van der Waals surface area contributed by atoms with Gasteiger partial charge in [0, 0.05) is 55.0 Å².